The lowest BCUT2D eigenvalue weighted by atomic mass is 10.2. The van der Waals surface area contributed by atoms with Crippen LogP contribution >= 0.6 is 0 Å². The molecule has 1 aliphatic rings. The van der Waals surface area contributed by atoms with Crippen LogP contribution in [0, 0.1) is 6.92 Å². The van der Waals surface area contributed by atoms with Gasteiger partial charge in [0.2, 0.25) is 10.0 Å². The van der Waals surface area contributed by atoms with E-state index in [-0.39, 0.29) is 17.2 Å². The maximum atomic E-state index is 13.2. The van der Waals surface area contributed by atoms with E-state index in [1.54, 1.807) is 32.6 Å². The van der Waals surface area contributed by atoms with Crippen LogP contribution in [0.25, 0.3) is 0 Å². The highest BCUT2D eigenvalue weighted by atomic mass is 32.2. The van der Waals surface area contributed by atoms with E-state index in [2.05, 4.69) is 4.90 Å². The average Bonchev–Trinajstić information content (AvgIpc) is 3.04. The number of carbonyl (C=O) groups is 1. The van der Waals surface area contributed by atoms with Crippen molar-refractivity contribution in [2.24, 2.45) is 7.05 Å². The SMILES string of the molecule is CCOC(=O)c1cc(S(=O)(=O)N2CCN(c3cccc(OC)c3)CC2)c(C)n1C. The maximum Gasteiger partial charge on any atom is 0.354 e. The number of hydrogen-bond acceptors (Lipinski definition) is 6. The first kappa shape index (κ1) is 21.2. The molecule has 2 heterocycles. The molecule has 29 heavy (non-hydrogen) atoms. The van der Waals surface area contributed by atoms with Crippen LogP contribution in [0.1, 0.15) is 23.1 Å². The van der Waals surface area contributed by atoms with Gasteiger partial charge < -0.3 is 18.9 Å². The van der Waals surface area contributed by atoms with Crippen LogP contribution in [0.3, 0.4) is 0 Å². The Morgan fingerprint density at radius 3 is 2.45 bits per heavy atom. The van der Waals surface area contributed by atoms with Gasteiger partial charge in [-0.1, -0.05) is 6.07 Å². The molecule has 0 bridgehead atoms. The number of sulfonamides is 1. The Morgan fingerprint density at radius 2 is 1.83 bits per heavy atom. The van der Waals surface area contributed by atoms with Gasteiger partial charge in [0.05, 0.1) is 13.7 Å². The molecule has 2 aromatic rings. The molecule has 8 nitrogen and oxygen atoms in total. The van der Waals surface area contributed by atoms with Crippen molar-refractivity contribution < 1.29 is 22.7 Å². The topological polar surface area (TPSA) is 81.1 Å². The Bertz CT molecular complexity index is 992. The van der Waals surface area contributed by atoms with Gasteiger partial charge in [-0.2, -0.15) is 4.31 Å². The average molecular weight is 422 g/mol. The summed E-state index contributed by atoms with van der Waals surface area (Å²) in [6.45, 7) is 5.52. The molecule has 158 valence electrons. The minimum atomic E-state index is -3.71. The van der Waals surface area contributed by atoms with Crippen molar-refractivity contribution in [2.45, 2.75) is 18.7 Å². The second-order valence-corrected chi connectivity index (χ2v) is 8.76. The third kappa shape index (κ3) is 4.11. The lowest BCUT2D eigenvalue weighted by Crippen LogP contribution is -2.48. The molecule has 0 atom stereocenters. The normalized spacial score (nSPS) is 15.4. The molecule has 1 aromatic heterocycles. The molecule has 0 amide bonds. The number of hydrogen-bond donors (Lipinski definition) is 0. The molecule has 1 fully saturated rings. The summed E-state index contributed by atoms with van der Waals surface area (Å²) in [7, 11) is -0.419. The van der Waals surface area contributed by atoms with Crippen molar-refractivity contribution in [3.05, 3.63) is 41.7 Å². The number of methoxy groups -OCH3 is 1. The number of aromatic nitrogens is 1. The molecule has 9 heteroatoms. The maximum absolute atomic E-state index is 13.2. The largest absolute Gasteiger partial charge is 0.497 e. The van der Waals surface area contributed by atoms with Crippen LogP contribution in [-0.2, 0) is 21.8 Å². The van der Waals surface area contributed by atoms with Gasteiger partial charge in [0.1, 0.15) is 16.3 Å². The van der Waals surface area contributed by atoms with E-state index in [9.17, 15) is 13.2 Å². The van der Waals surface area contributed by atoms with Crippen molar-refractivity contribution >= 4 is 21.7 Å². The number of benzene rings is 1. The zero-order valence-corrected chi connectivity index (χ0v) is 18.0. The Morgan fingerprint density at radius 1 is 1.14 bits per heavy atom. The molecule has 3 rings (SSSR count). The summed E-state index contributed by atoms with van der Waals surface area (Å²) >= 11 is 0. The fourth-order valence-electron chi connectivity index (χ4n) is 3.47. The molecule has 0 N–H and O–H groups in total. The molecule has 0 saturated carbocycles. The standard InChI is InChI=1S/C20H27N3O5S/c1-5-28-20(24)18-14-19(15(2)21(18)3)29(25,26)23-11-9-22(10-12-23)16-7-6-8-17(13-16)27-4/h6-8,13-14H,5,9-12H2,1-4H3. The van der Waals surface area contributed by atoms with Crippen LogP contribution < -0.4 is 9.64 Å². The van der Waals surface area contributed by atoms with Gasteiger partial charge in [0.25, 0.3) is 0 Å². The van der Waals surface area contributed by atoms with E-state index in [4.69, 9.17) is 9.47 Å². The van der Waals surface area contributed by atoms with Crippen molar-refractivity contribution in [3.63, 3.8) is 0 Å². The van der Waals surface area contributed by atoms with Crippen LogP contribution in [0.5, 0.6) is 5.75 Å². The highest BCUT2D eigenvalue weighted by Gasteiger charge is 2.32. The second kappa shape index (κ2) is 8.46. The second-order valence-electron chi connectivity index (χ2n) is 6.85. The lowest BCUT2D eigenvalue weighted by Gasteiger charge is -2.35. The van der Waals surface area contributed by atoms with Crippen LogP contribution in [0.4, 0.5) is 5.69 Å². The first-order valence-electron chi connectivity index (χ1n) is 9.52. The van der Waals surface area contributed by atoms with Crippen molar-refractivity contribution in [1.29, 1.82) is 0 Å². The molecule has 1 aromatic carbocycles. The highest BCUT2D eigenvalue weighted by Crippen LogP contribution is 2.27. The van der Waals surface area contributed by atoms with Gasteiger partial charge in [0.15, 0.2) is 0 Å². The van der Waals surface area contributed by atoms with Gasteiger partial charge in [-0.15, -0.1) is 0 Å². The van der Waals surface area contributed by atoms with E-state index in [0.717, 1.165) is 11.4 Å². The number of nitrogens with zero attached hydrogens (tertiary/aromatic N) is 3. The fourth-order valence-corrected chi connectivity index (χ4v) is 5.16. The van der Waals surface area contributed by atoms with E-state index in [0.29, 0.717) is 31.9 Å². The predicted octanol–water partition coefficient (Wildman–Crippen LogP) is 2.03. The molecule has 1 aliphatic heterocycles. The van der Waals surface area contributed by atoms with E-state index in [1.165, 1.54) is 10.4 Å². The third-order valence-electron chi connectivity index (χ3n) is 5.25. The minimum absolute atomic E-state index is 0.151. The number of ether oxygens (including phenoxy) is 2. The van der Waals surface area contributed by atoms with Crippen molar-refractivity contribution in [2.75, 3.05) is 44.8 Å². The minimum Gasteiger partial charge on any atom is -0.497 e. The molecular formula is C20H27N3O5S. The number of anilines is 1. The van der Waals surface area contributed by atoms with Gasteiger partial charge in [-0.05, 0) is 32.0 Å². The van der Waals surface area contributed by atoms with Crippen LogP contribution in [-0.4, -0.2) is 63.2 Å². The third-order valence-corrected chi connectivity index (χ3v) is 7.26. The lowest BCUT2D eigenvalue weighted by molar-refractivity contribution is 0.0515. The molecule has 0 unspecified atom stereocenters. The number of piperazine rings is 1. The Hall–Kier alpha value is -2.52. The Balaban J connectivity index is 1.78. The number of carbonyl (C=O) groups excluding carboxylic acids is 1. The van der Waals surface area contributed by atoms with Gasteiger partial charge in [-0.25, -0.2) is 13.2 Å². The quantitative estimate of drug-likeness (QED) is 0.664. The first-order chi connectivity index (χ1) is 13.8. The number of esters is 1. The Labute approximate surface area is 171 Å². The van der Waals surface area contributed by atoms with E-state index < -0.39 is 16.0 Å². The predicted molar refractivity (Wildman–Crippen MR) is 110 cm³/mol. The van der Waals surface area contributed by atoms with Crippen LogP contribution in [0.2, 0.25) is 0 Å². The summed E-state index contributed by atoms with van der Waals surface area (Å²) in [5.41, 5.74) is 1.75. The summed E-state index contributed by atoms with van der Waals surface area (Å²) in [6, 6.07) is 9.14. The highest BCUT2D eigenvalue weighted by molar-refractivity contribution is 7.89. The summed E-state index contributed by atoms with van der Waals surface area (Å²) in [5, 5.41) is 0. The van der Waals surface area contributed by atoms with Gasteiger partial charge in [0, 0.05) is 50.7 Å². The molecule has 0 aliphatic carbocycles. The first-order valence-corrected chi connectivity index (χ1v) is 11.0. The zero-order valence-electron chi connectivity index (χ0n) is 17.2. The number of rotatable bonds is 6. The summed E-state index contributed by atoms with van der Waals surface area (Å²) in [4.78, 5) is 14.4. The van der Waals surface area contributed by atoms with Gasteiger partial charge >= 0.3 is 5.97 Å². The van der Waals surface area contributed by atoms with E-state index in [1.807, 2.05) is 24.3 Å². The van der Waals surface area contributed by atoms with Crippen molar-refractivity contribution in [3.8, 4) is 5.75 Å². The summed E-state index contributed by atoms with van der Waals surface area (Å²) in [6.07, 6.45) is 0. The Kier molecular flexibility index (Phi) is 6.18. The fraction of sp³-hybridized carbons (Fsp3) is 0.450. The van der Waals surface area contributed by atoms with Crippen LogP contribution in [0.15, 0.2) is 35.2 Å². The molecule has 0 radical (unpaired) electrons. The van der Waals surface area contributed by atoms with E-state index >= 15 is 0 Å². The molecule has 1 saturated heterocycles. The zero-order chi connectivity index (χ0) is 21.2. The van der Waals surface area contributed by atoms with Gasteiger partial charge in [-0.3, -0.25) is 0 Å². The summed E-state index contributed by atoms with van der Waals surface area (Å²) < 4.78 is 39.8. The summed E-state index contributed by atoms with van der Waals surface area (Å²) in [5.74, 6) is 0.242. The van der Waals surface area contributed by atoms with Crippen molar-refractivity contribution in [1.82, 2.24) is 8.87 Å². The molecular weight excluding hydrogens is 394 g/mol. The smallest absolute Gasteiger partial charge is 0.354 e. The molecule has 0 spiro atoms. The monoisotopic (exact) mass is 421 g/mol.